The molecule has 2 aliphatic heterocycles. The Bertz CT molecular complexity index is 597. The summed E-state index contributed by atoms with van der Waals surface area (Å²) < 4.78 is 5.35. The Morgan fingerprint density at radius 1 is 1.35 bits per heavy atom. The van der Waals surface area contributed by atoms with E-state index in [1.807, 2.05) is 12.2 Å². The van der Waals surface area contributed by atoms with Gasteiger partial charge in [-0.2, -0.15) is 0 Å². The van der Waals surface area contributed by atoms with Gasteiger partial charge in [-0.1, -0.05) is 6.07 Å². The Hall–Kier alpha value is -2.49. The number of fused-ring (bicyclic) bond motifs is 3. The van der Waals surface area contributed by atoms with Crippen molar-refractivity contribution >= 4 is 17.2 Å². The quantitative estimate of drug-likeness (QED) is 0.774. The molecule has 2 N–H and O–H groups in total. The number of carboxylic acid groups (broad SMARTS) is 1. The van der Waals surface area contributed by atoms with E-state index in [4.69, 9.17) is 9.84 Å². The van der Waals surface area contributed by atoms with Crippen LogP contribution in [0.1, 0.15) is 15.9 Å². The Morgan fingerprint density at radius 2 is 2.24 bits per heavy atom. The third-order valence-corrected chi connectivity index (χ3v) is 2.72. The average Bonchev–Trinajstić information content (AvgIpc) is 2.38. The predicted molar refractivity (Wildman–Crippen MR) is 63.3 cm³/mol. The molecule has 1 aromatic rings. The Balaban J connectivity index is 2.13. The Kier molecular flexibility index (Phi) is 2.01. The fraction of sp³-hybridized carbons (Fsp3) is 0. The molecule has 1 aromatic carbocycles. The second-order valence-electron chi connectivity index (χ2n) is 3.75. The van der Waals surface area contributed by atoms with Gasteiger partial charge in [0.2, 0.25) is 0 Å². The number of carbonyl (C=O) groups is 1. The molecule has 0 spiro atoms. The van der Waals surface area contributed by atoms with Crippen LogP contribution < -0.4 is 5.32 Å². The van der Waals surface area contributed by atoms with Gasteiger partial charge in [0.05, 0.1) is 11.8 Å². The minimum atomic E-state index is -0.932. The Morgan fingerprint density at radius 3 is 3.06 bits per heavy atom. The molecule has 2 heterocycles. The highest BCUT2D eigenvalue weighted by Gasteiger charge is 2.20. The second-order valence-corrected chi connectivity index (χ2v) is 3.75. The minimum absolute atomic E-state index is 0.265. The summed E-state index contributed by atoms with van der Waals surface area (Å²) in [6.45, 7) is 0. The maximum absolute atomic E-state index is 10.9. The molecule has 0 radical (unpaired) electrons. The number of aromatic carboxylic acids is 1. The molecule has 0 aromatic heterocycles. The standard InChI is InChI=1S/C13H9NO3/c15-13(16)8-3-4-9-10-2-1-5-17-12(10)7-14-11(9)6-8/h1-7,14H,(H,15,16). The van der Waals surface area contributed by atoms with Crippen molar-refractivity contribution in [2.45, 2.75) is 0 Å². The van der Waals surface area contributed by atoms with Crippen molar-refractivity contribution in [1.29, 1.82) is 0 Å². The fourth-order valence-electron chi connectivity index (χ4n) is 1.90. The minimum Gasteiger partial charge on any atom is -0.478 e. The number of hydrogen-bond donors (Lipinski definition) is 2. The maximum atomic E-state index is 10.9. The molecule has 4 heteroatoms. The van der Waals surface area contributed by atoms with Gasteiger partial charge in [0, 0.05) is 23.0 Å². The predicted octanol–water partition coefficient (Wildman–Crippen LogP) is 2.58. The summed E-state index contributed by atoms with van der Waals surface area (Å²) in [6, 6.07) is 4.99. The summed E-state index contributed by atoms with van der Waals surface area (Å²) in [7, 11) is 0. The topological polar surface area (TPSA) is 58.6 Å². The van der Waals surface area contributed by atoms with Crippen LogP contribution in [0.3, 0.4) is 0 Å². The van der Waals surface area contributed by atoms with Crippen LogP contribution in [0.5, 0.6) is 0 Å². The molecule has 0 saturated carbocycles. The summed E-state index contributed by atoms with van der Waals surface area (Å²) in [5.74, 6) is -0.193. The van der Waals surface area contributed by atoms with E-state index in [9.17, 15) is 4.79 Å². The summed E-state index contributed by atoms with van der Waals surface area (Å²) in [4.78, 5) is 10.9. The summed E-state index contributed by atoms with van der Waals surface area (Å²) >= 11 is 0. The summed E-state index contributed by atoms with van der Waals surface area (Å²) in [6.07, 6.45) is 7.08. The molecule has 0 unspecified atom stereocenters. The lowest BCUT2D eigenvalue weighted by atomic mass is 9.97. The van der Waals surface area contributed by atoms with E-state index >= 15 is 0 Å². The first-order valence-corrected chi connectivity index (χ1v) is 5.14. The average molecular weight is 227 g/mol. The van der Waals surface area contributed by atoms with Gasteiger partial charge in [-0.05, 0) is 24.3 Å². The maximum Gasteiger partial charge on any atom is 0.335 e. The number of benzene rings is 1. The highest BCUT2D eigenvalue weighted by Crippen LogP contribution is 2.36. The fourth-order valence-corrected chi connectivity index (χ4v) is 1.90. The zero-order valence-corrected chi connectivity index (χ0v) is 8.81. The van der Waals surface area contributed by atoms with Gasteiger partial charge in [0.1, 0.15) is 5.76 Å². The van der Waals surface area contributed by atoms with Gasteiger partial charge < -0.3 is 15.2 Å². The smallest absolute Gasteiger partial charge is 0.335 e. The van der Waals surface area contributed by atoms with Crippen LogP contribution in [0.2, 0.25) is 0 Å². The normalized spacial score (nSPS) is 15.8. The van der Waals surface area contributed by atoms with E-state index in [1.165, 1.54) is 0 Å². The van der Waals surface area contributed by atoms with Gasteiger partial charge in [-0.25, -0.2) is 4.79 Å². The molecule has 0 atom stereocenters. The van der Waals surface area contributed by atoms with Gasteiger partial charge in [0.15, 0.2) is 0 Å². The van der Waals surface area contributed by atoms with Crippen LogP contribution in [-0.4, -0.2) is 11.1 Å². The summed E-state index contributed by atoms with van der Waals surface area (Å²) in [5.41, 5.74) is 2.94. The number of ether oxygens (including phenoxy) is 1. The molecule has 3 rings (SSSR count). The number of nitrogens with one attached hydrogen (secondary N) is 1. The molecule has 0 fully saturated rings. The number of rotatable bonds is 1. The first-order chi connectivity index (χ1) is 8.25. The molecule has 17 heavy (non-hydrogen) atoms. The number of anilines is 1. The third-order valence-electron chi connectivity index (χ3n) is 2.72. The molecule has 0 aliphatic carbocycles. The van der Waals surface area contributed by atoms with Crippen molar-refractivity contribution in [1.82, 2.24) is 0 Å². The van der Waals surface area contributed by atoms with Crippen LogP contribution >= 0.6 is 0 Å². The molecular formula is C13H9NO3. The van der Waals surface area contributed by atoms with E-state index in [0.29, 0.717) is 0 Å². The van der Waals surface area contributed by atoms with E-state index in [1.54, 1.807) is 30.7 Å². The Labute approximate surface area is 97.5 Å². The van der Waals surface area contributed by atoms with E-state index in [0.717, 1.165) is 22.6 Å². The zero-order chi connectivity index (χ0) is 11.8. The van der Waals surface area contributed by atoms with Crippen molar-refractivity contribution in [2.75, 3.05) is 5.32 Å². The highest BCUT2D eigenvalue weighted by atomic mass is 16.5. The van der Waals surface area contributed by atoms with E-state index in [2.05, 4.69) is 5.32 Å². The van der Waals surface area contributed by atoms with Crippen LogP contribution in [0.4, 0.5) is 5.69 Å². The van der Waals surface area contributed by atoms with Gasteiger partial charge in [-0.15, -0.1) is 0 Å². The molecule has 84 valence electrons. The summed E-state index contributed by atoms with van der Waals surface area (Å²) in [5, 5.41) is 12.0. The van der Waals surface area contributed by atoms with Crippen LogP contribution in [0, 0.1) is 0 Å². The number of allylic oxidation sites excluding steroid dienone is 3. The SMILES string of the molecule is O=C(O)c1ccc2c(c1)NC=C1OC=CC=C12. The monoisotopic (exact) mass is 227 g/mol. The third kappa shape index (κ3) is 1.50. The van der Waals surface area contributed by atoms with Crippen molar-refractivity contribution in [3.8, 4) is 0 Å². The molecule has 4 nitrogen and oxygen atoms in total. The van der Waals surface area contributed by atoms with Gasteiger partial charge >= 0.3 is 5.97 Å². The van der Waals surface area contributed by atoms with Crippen LogP contribution in [0.15, 0.2) is 48.6 Å². The van der Waals surface area contributed by atoms with Crippen molar-refractivity contribution in [2.24, 2.45) is 0 Å². The van der Waals surface area contributed by atoms with Crippen LogP contribution in [-0.2, 0) is 4.74 Å². The van der Waals surface area contributed by atoms with Crippen molar-refractivity contribution < 1.29 is 14.6 Å². The highest BCUT2D eigenvalue weighted by molar-refractivity contribution is 5.94. The lowest BCUT2D eigenvalue weighted by Gasteiger charge is -2.22. The zero-order valence-electron chi connectivity index (χ0n) is 8.81. The van der Waals surface area contributed by atoms with Crippen molar-refractivity contribution in [3.05, 3.63) is 59.7 Å². The molecule has 0 bridgehead atoms. The van der Waals surface area contributed by atoms with Gasteiger partial charge in [-0.3, -0.25) is 0 Å². The largest absolute Gasteiger partial charge is 0.478 e. The van der Waals surface area contributed by atoms with E-state index < -0.39 is 5.97 Å². The number of hydrogen-bond acceptors (Lipinski definition) is 3. The second kappa shape index (κ2) is 3.52. The van der Waals surface area contributed by atoms with Gasteiger partial charge in [0.25, 0.3) is 0 Å². The molecule has 2 aliphatic rings. The number of carboxylic acids is 1. The lowest BCUT2D eigenvalue weighted by molar-refractivity contribution is 0.0697. The van der Waals surface area contributed by atoms with Crippen molar-refractivity contribution in [3.63, 3.8) is 0 Å². The first kappa shape index (κ1) is 9.72. The first-order valence-electron chi connectivity index (χ1n) is 5.14. The van der Waals surface area contributed by atoms with E-state index in [-0.39, 0.29) is 5.56 Å². The van der Waals surface area contributed by atoms with Crippen LogP contribution in [0.25, 0.3) is 5.57 Å². The molecular weight excluding hydrogens is 218 g/mol. The molecule has 0 amide bonds. The lowest BCUT2D eigenvalue weighted by Crippen LogP contribution is -2.09. The molecule has 0 saturated heterocycles.